The minimum atomic E-state index is -0.258. The zero-order valence-corrected chi connectivity index (χ0v) is 17.2. The normalized spacial score (nSPS) is 12.2. The first kappa shape index (κ1) is 19.8. The van der Waals surface area contributed by atoms with Crippen LogP contribution >= 0.6 is 11.3 Å². The van der Waals surface area contributed by atoms with Crippen LogP contribution in [0.15, 0.2) is 60.0 Å². The van der Waals surface area contributed by atoms with Crippen LogP contribution in [0.4, 0.5) is 16.2 Å². The summed E-state index contributed by atoms with van der Waals surface area (Å²) < 4.78 is 11.1. The second-order valence-electron chi connectivity index (χ2n) is 6.78. The average Bonchev–Trinajstić information content (AvgIpc) is 3.29. The van der Waals surface area contributed by atoms with E-state index < -0.39 is 0 Å². The molecule has 2 N–H and O–H groups in total. The minimum Gasteiger partial charge on any atom is -0.486 e. The van der Waals surface area contributed by atoms with Crippen LogP contribution in [-0.2, 0) is 6.54 Å². The van der Waals surface area contributed by atoms with E-state index in [0.717, 1.165) is 11.3 Å². The summed E-state index contributed by atoms with van der Waals surface area (Å²) >= 11 is 1.37. The standard InChI is InChI=1S/C22H21N3O4S/c1-25(14-15-7-8-18-19(12-15)29-10-9-28-18)22(27)24-17-5-2-4-16(13-17)23-21(26)20-6-3-11-30-20/h2-8,11-13H,9-10,14H2,1H3,(H,23,26)(H,24,27). The van der Waals surface area contributed by atoms with Crippen molar-refractivity contribution in [3.8, 4) is 11.5 Å². The van der Waals surface area contributed by atoms with Gasteiger partial charge < -0.3 is 25.0 Å². The Labute approximate surface area is 178 Å². The second-order valence-corrected chi connectivity index (χ2v) is 7.72. The van der Waals surface area contributed by atoms with Gasteiger partial charge in [0.1, 0.15) is 13.2 Å². The molecule has 30 heavy (non-hydrogen) atoms. The van der Waals surface area contributed by atoms with Gasteiger partial charge in [-0.05, 0) is 47.3 Å². The molecule has 7 nitrogen and oxygen atoms in total. The van der Waals surface area contributed by atoms with Crippen LogP contribution in [0.5, 0.6) is 11.5 Å². The van der Waals surface area contributed by atoms with Crippen molar-refractivity contribution >= 4 is 34.6 Å². The van der Waals surface area contributed by atoms with E-state index >= 15 is 0 Å². The Kier molecular flexibility index (Phi) is 5.85. The number of carbonyl (C=O) groups excluding carboxylic acids is 2. The molecule has 0 saturated carbocycles. The van der Waals surface area contributed by atoms with Crippen molar-refractivity contribution in [2.24, 2.45) is 0 Å². The SMILES string of the molecule is CN(Cc1ccc2c(c1)OCCO2)C(=O)Nc1cccc(NC(=O)c2cccs2)c1. The first-order valence-electron chi connectivity index (χ1n) is 9.44. The quantitative estimate of drug-likeness (QED) is 0.636. The molecule has 0 spiro atoms. The van der Waals surface area contributed by atoms with Crippen LogP contribution in [0.25, 0.3) is 0 Å². The molecule has 3 aromatic rings. The van der Waals surface area contributed by atoms with Crippen LogP contribution in [0.2, 0.25) is 0 Å². The van der Waals surface area contributed by atoms with E-state index in [4.69, 9.17) is 9.47 Å². The van der Waals surface area contributed by atoms with Gasteiger partial charge in [0, 0.05) is 25.0 Å². The van der Waals surface area contributed by atoms with Crippen molar-refractivity contribution in [1.29, 1.82) is 0 Å². The molecule has 8 heteroatoms. The number of hydrogen-bond acceptors (Lipinski definition) is 5. The molecule has 0 fully saturated rings. The molecule has 0 atom stereocenters. The smallest absolute Gasteiger partial charge is 0.321 e. The lowest BCUT2D eigenvalue weighted by Gasteiger charge is -2.21. The number of ether oxygens (including phenoxy) is 2. The van der Waals surface area contributed by atoms with Gasteiger partial charge in [0.05, 0.1) is 4.88 Å². The molecule has 0 radical (unpaired) electrons. The van der Waals surface area contributed by atoms with Gasteiger partial charge in [0.2, 0.25) is 0 Å². The molecule has 0 unspecified atom stereocenters. The first-order valence-corrected chi connectivity index (χ1v) is 10.3. The van der Waals surface area contributed by atoms with Crippen molar-refractivity contribution in [2.75, 3.05) is 30.9 Å². The van der Waals surface area contributed by atoms with E-state index in [1.165, 1.54) is 11.3 Å². The molecule has 154 valence electrons. The van der Waals surface area contributed by atoms with E-state index in [-0.39, 0.29) is 11.9 Å². The summed E-state index contributed by atoms with van der Waals surface area (Å²) in [7, 11) is 1.72. The number of fused-ring (bicyclic) bond motifs is 1. The Morgan fingerprint density at radius 3 is 2.50 bits per heavy atom. The lowest BCUT2D eigenvalue weighted by atomic mass is 10.2. The number of anilines is 2. The largest absolute Gasteiger partial charge is 0.486 e. The maximum atomic E-state index is 12.6. The Morgan fingerprint density at radius 1 is 0.967 bits per heavy atom. The summed E-state index contributed by atoms with van der Waals surface area (Å²) in [4.78, 5) is 27.0. The van der Waals surface area contributed by atoms with E-state index in [9.17, 15) is 9.59 Å². The summed E-state index contributed by atoms with van der Waals surface area (Å²) in [5.74, 6) is 1.24. The van der Waals surface area contributed by atoms with Crippen molar-refractivity contribution < 1.29 is 19.1 Å². The van der Waals surface area contributed by atoms with Crippen LogP contribution in [-0.4, -0.2) is 37.1 Å². The fourth-order valence-corrected chi connectivity index (χ4v) is 3.64. The fourth-order valence-electron chi connectivity index (χ4n) is 3.03. The van der Waals surface area contributed by atoms with Gasteiger partial charge in [0.15, 0.2) is 11.5 Å². The van der Waals surface area contributed by atoms with Crippen LogP contribution < -0.4 is 20.1 Å². The monoisotopic (exact) mass is 423 g/mol. The highest BCUT2D eigenvalue weighted by atomic mass is 32.1. The number of nitrogens with zero attached hydrogens (tertiary/aromatic N) is 1. The maximum Gasteiger partial charge on any atom is 0.321 e. The minimum absolute atomic E-state index is 0.177. The number of urea groups is 1. The van der Waals surface area contributed by atoms with E-state index in [1.807, 2.05) is 29.6 Å². The number of hydrogen-bond donors (Lipinski definition) is 2. The molecule has 2 aromatic carbocycles. The zero-order valence-electron chi connectivity index (χ0n) is 16.4. The molecule has 1 aromatic heterocycles. The second kappa shape index (κ2) is 8.87. The molecule has 0 bridgehead atoms. The third kappa shape index (κ3) is 4.72. The summed E-state index contributed by atoms with van der Waals surface area (Å²) in [6.07, 6.45) is 0. The summed E-state index contributed by atoms with van der Waals surface area (Å²) in [5, 5.41) is 7.54. The predicted octanol–water partition coefficient (Wildman–Crippen LogP) is 4.44. The molecular formula is C22H21N3O4S. The number of carbonyl (C=O) groups is 2. The van der Waals surface area contributed by atoms with Crippen LogP contribution in [0.3, 0.4) is 0 Å². The van der Waals surface area contributed by atoms with Gasteiger partial charge in [-0.15, -0.1) is 11.3 Å². The number of benzene rings is 2. The highest BCUT2D eigenvalue weighted by molar-refractivity contribution is 7.12. The van der Waals surface area contributed by atoms with Gasteiger partial charge in [-0.2, -0.15) is 0 Å². The van der Waals surface area contributed by atoms with Gasteiger partial charge in [-0.1, -0.05) is 18.2 Å². The molecule has 0 aliphatic carbocycles. The van der Waals surface area contributed by atoms with Gasteiger partial charge in [-0.3, -0.25) is 4.79 Å². The topological polar surface area (TPSA) is 79.9 Å². The van der Waals surface area contributed by atoms with Gasteiger partial charge >= 0.3 is 6.03 Å². The van der Waals surface area contributed by atoms with Crippen LogP contribution in [0.1, 0.15) is 15.2 Å². The van der Waals surface area contributed by atoms with Crippen molar-refractivity contribution in [3.63, 3.8) is 0 Å². The zero-order chi connectivity index (χ0) is 20.9. The highest BCUT2D eigenvalue weighted by Gasteiger charge is 2.15. The van der Waals surface area contributed by atoms with Crippen molar-refractivity contribution in [3.05, 3.63) is 70.4 Å². The number of thiophene rings is 1. The Bertz CT molecular complexity index is 1050. The molecule has 3 amide bonds. The summed E-state index contributed by atoms with van der Waals surface area (Å²) in [5.41, 5.74) is 2.15. The lowest BCUT2D eigenvalue weighted by molar-refractivity contribution is 0.103. The third-order valence-corrected chi connectivity index (χ3v) is 5.36. The Hall–Kier alpha value is -3.52. The third-order valence-electron chi connectivity index (χ3n) is 4.49. The summed E-state index contributed by atoms with van der Waals surface area (Å²) in [6, 6.07) is 16.0. The van der Waals surface area contributed by atoms with E-state index in [2.05, 4.69) is 10.6 Å². The molecule has 0 saturated heterocycles. The van der Waals surface area contributed by atoms with E-state index in [0.29, 0.717) is 41.8 Å². The highest BCUT2D eigenvalue weighted by Crippen LogP contribution is 2.31. The summed E-state index contributed by atoms with van der Waals surface area (Å²) in [6.45, 7) is 1.48. The van der Waals surface area contributed by atoms with Crippen LogP contribution in [0, 0.1) is 0 Å². The van der Waals surface area contributed by atoms with Gasteiger partial charge in [-0.25, -0.2) is 4.79 Å². The number of rotatable bonds is 5. The average molecular weight is 423 g/mol. The molecular weight excluding hydrogens is 402 g/mol. The van der Waals surface area contributed by atoms with Crippen molar-refractivity contribution in [1.82, 2.24) is 4.90 Å². The van der Waals surface area contributed by atoms with Crippen molar-refractivity contribution in [2.45, 2.75) is 6.54 Å². The molecule has 4 rings (SSSR count). The Balaban J connectivity index is 1.37. The lowest BCUT2D eigenvalue weighted by Crippen LogP contribution is -2.31. The Morgan fingerprint density at radius 2 is 1.73 bits per heavy atom. The first-order chi connectivity index (χ1) is 14.6. The molecule has 2 heterocycles. The molecule has 1 aliphatic heterocycles. The molecule has 1 aliphatic rings. The number of amides is 3. The maximum absolute atomic E-state index is 12.6. The fraction of sp³-hybridized carbons (Fsp3) is 0.182. The van der Waals surface area contributed by atoms with Gasteiger partial charge in [0.25, 0.3) is 5.91 Å². The van der Waals surface area contributed by atoms with E-state index in [1.54, 1.807) is 42.3 Å². The number of nitrogens with one attached hydrogen (secondary N) is 2. The predicted molar refractivity (Wildman–Crippen MR) is 117 cm³/mol.